The number of ether oxygens (including phenoxy) is 1. The summed E-state index contributed by atoms with van der Waals surface area (Å²) < 4.78 is 74.0. The lowest BCUT2D eigenvalue weighted by atomic mass is 10.0. The molecule has 0 saturated heterocycles. The first-order chi connectivity index (χ1) is 21.1. The molecular formula is C29H35F3N6O6S. The SMILES string of the molecule is C[C@H](CO)N1C[C@H](C)[C@@H](CN(C)S(=O)(=O)c2cn(C)cn2)Oc2ccc(NC(=O)Nc3ccc(C(F)(F)F)cc3)cc2CC1=O. The number of alkyl halides is 3. The number of amides is 3. The van der Waals surface area contributed by atoms with Gasteiger partial charge in [-0.1, -0.05) is 6.92 Å². The second-order valence-corrected chi connectivity index (χ2v) is 13.0. The first kappa shape index (κ1) is 33.7. The van der Waals surface area contributed by atoms with Gasteiger partial charge in [-0.2, -0.15) is 17.5 Å². The molecule has 16 heteroatoms. The summed E-state index contributed by atoms with van der Waals surface area (Å²) in [4.78, 5) is 31.6. The highest BCUT2D eigenvalue weighted by molar-refractivity contribution is 7.89. The van der Waals surface area contributed by atoms with Gasteiger partial charge in [0.2, 0.25) is 5.91 Å². The summed E-state index contributed by atoms with van der Waals surface area (Å²) in [6, 6.07) is 7.30. The smallest absolute Gasteiger partial charge is 0.416 e. The van der Waals surface area contributed by atoms with Crippen LogP contribution < -0.4 is 15.4 Å². The van der Waals surface area contributed by atoms with Gasteiger partial charge in [0.1, 0.15) is 11.9 Å². The van der Waals surface area contributed by atoms with E-state index in [2.05, 4.69) is 15.6 Å². The Morgan fingerprint density at radius 1 is 1.18 bits per heavy atom. The minimum Gasteiger partial charge on any atom is -0.488 e. The molecule has 12 nitrogen and oxygen atoms in total. The number of aromatic nitrogens is 2. The molecule has 1 aliphatic heterocycles. The second-order valence-electron chi connectivity index (χ2n) is 11.0. The maximum atomic E-state index is 13.4. The summed E-state index contributed by atoms with van der Waals surface area (Å²) in [7, 11) is -0.892. The monoisotopic (exact) mass is 652 g/mol. The molecule has 0 spiro atoms. The van der Waals surface area contributed by atoms with Gasteiger partial charge in [-0.3, -0.25) is 4.79 Å². The molecule has 2 heterocycles. The fourth-order valence-electron chi connectivity index (χ4n) is 4.79. The van der Waals surface area contributed by atoms with E-state index in [1.54, 1.807) is 20.0 Å². The zero-order valence-electron chi connectivity index (χ0n) is 25.1. The molecule has 1 aromatic heterocycles. The second kappa shape index (κ2) is 13.5. The molecule has 0 unspecified atom stereocenters. The van der Waals surface area contributed by atoms with Gasteiger partial charge in [0.25, 0.3) is 10.0 Å². The first-order valence-corrected chi connectivity index (χ1v) is 15.4. The number of nitrogens with one attached hydrogen (secondary N) is 2. The van der Waals surface area contributed by atoms with Crippen molar-refractivity contribution in [3.05, 3.63) is 66.1 Å². The predicted molar refractivity (Wildman–Crippen MR) is 159 cm³/mol. The third kappa shape index (κ3) is 8.12. The Morgan fingerprint density at radius 3 is 2.42 bits per heavy atom. The van der Waals surface area contributed by atoms with Crippen molar-refractivity contribution in [3.63, 3.8) is 0 Å². The van der Waals surface area contributed by atoms with E-state index in [0.29, 0.717) is 11.3 Å². The van der Waals surface area contributed by atoms with Crippen molar-refractivity contribution in [2.75, 3.05) is 37.4 Å². The van der Waals surface area contributed by atoms with Crippen LogP contribution in [0.3, 0.4) is 0 Å². The van der Waals surface area contributed by atoms with E-state index in [1.807, 2.05) is 6.92 Å². The van der Waals surface area contributed by atoms with E-state index >= 15 is 0 Å². The standard InChI is InChI=1S/C29H35F3N6O6S/c1-18-13-38(19(2)16-39)27(40)12-20-11-23(35-28(41)34-22-7-5-21(6-8-22)29(30,31)32)9-10-24(20)44-25(18)14-37(4)45(42,43)26-15-36(3)17-33-26/h5-11,15,17-19,25,39H,12-14,16H2,1-4H3,(H2,34,35,41)/t18-,19+,25+/m0/s1. The van der Waals surface area contributed by atoms with Gasteiger partial charge in [-0.05, 0) is 49.4 Å². The average Bonchev–Trinajstić information content (AvgIpc) is 3.43. The van der Waals surface area contributed by atoms with Crippen LogP contribution in [0, 0.1) is 5.92 Å². The summed E-state index contributed by atoms with van der Waals surface area (Å²) in [5.74, 6) is -0.381. The van der Waals surface area contributed by atoms with Gasteiger partial charge in [0.15, 0.2) is 5.03 Å². The molecule has 45 heavy (non-hydrogen) atoms. The number of aliphatic hydroxyl groups is 1. The minimum absolute atomic E-state index is 0.0788. The number of benzene rings is 2. The summed E-state index contributed by atoms with van der Waals surface area (Å²) >= 11 is 0. The molecule has 3 atom stereocenters. The Labute approximate surface area is 258 Å². The van der Waals surface area contributed by atoms with Gasteiger partial charge < -0.3 is 29.9 Å². The lowest BCUT2D eigenvalue weighted by molar-refractivity contribution is -0.137. The zero-order valence-corrected chi connectivity index (χ0v) is 25.9. The fraction of sp³-hybridized carbons (Fsp3) is 0.414. The number of nitrogens with zero attached hydrogens (tertiary/aromatic N) is 4. The number of rotatable bonds is 8. The number of urea groups is 1. The zero-order chi connectivity index (χ0) is 33.1. The average molecular weight is 653 g/mol. The molecule has 3 amide bonds. The summed E-state index contributed by atoms with van der Waals surface area (Å²) in [5, 5.41) is 14.8. The number of likely N-dealkylation sites (N-methyl/N-ethyl adjacent to an activating group) is 1. The van der Waals surface area contributed by atoms with E-state index in [9.17, 15) is 36.3 Å². The molecule has 0 fully saturated rings. The van der Waals surface area contributed by atoms with E-state index < -0.39 is 39.9 Å². The predicted octanol–water partition coefficient (Wildman–Crippen LogP) is 3.55. The van der Waals surface area contributed by atoms with Crippen LogP contribution in [0.1, 0.15) is 25.0 Å². The number of aliphatic hydroxyl groups excluding tert-OH is 1. The van der Waals surface area contributed by atoms with Crippen LogP contribution in [0.25, 0.3) is 0 Å². The van der Waals surface area contributed by atoms with E-state index in [0.717, 1.165) is 28.6 Å². The number of anilines is 2. The maximum absolute atomic E-state index is 13.4. The highest BCUT2D eigenvalue weighted by atomic mass is 32.2. The van der Waals surface area contributed by atoms with Crippen LogP contribution in [-0.4, -0.2) is 83.1 Å². The molecule has 0 bridgehead atoms. The molecule has 0 saturated carbocycles. The van der Waals surface area contributed by atoms with E-state index in [4.69, 9.17) is 4.74 Å². The van der Waals surface area contributed by atoms with Gasteiger partial charge in [-0.25, -0.2) is 18.2 Å². The number of carbonyl (C=O) groups excluding carboxylic acids is 2. The molecule has 2 aromatic carbocycles. The van der Waals surface area contributed by atoms with Gasteiger partial charge >= 0.3 is 12.2 Å². The van der Waals surface area contributed by atoms with Crippen LogP contribution in [0.2, 0.25) is 0 Å². The van der Waals surface area contributed by atoms with Crippen molar-refractivity contribution in [3.8, 4) is 5.75 Å². The number of aryl methyl sites for hydroxylation is 1. The van der Waals surface area contributed by atoms with Crippen molar-refractivity contribution in [1.29, 1.82) is 0 Å². The van der Waals surface area contributed by atoms with Crippen LogP contribution in [0.5, 0.6) is 5.75 Å². The molecule has 3 aromatic rings. The van der Waals surface area contributed by atoms with Gasteiger partial charge in [0.05, 0.1) is 37.5 Å². The summed E-state index contributed by atoms with van der Waals surface area (Å²) in [6.07, 6.45) is -2.61. The number of halogens is 3. The molecule has 0 aliphatic carbocycles. The maximum Gasteiger partial charge on any atom is 0.416 e. The van der Waals surface area contributed by atoms with Gasteiger partial charge in [-0.15, -0.1) is 0 Å². The van der Waals surface area contributed by atoms with Crippen molar-refractivity contribution < 1.29 is 41.0 Å². The highest BCUT2D eigenvalue weighted by Gasteiger charge is 2.34. The number of sulfonamides is 1. The summed E-state index contributed by atoms with van der Waals surface area (Å²) in [5.41, 5.74) is -0.0442. The number of fused-ring (bicyclic) bond motifs is 1. The third-order valence-electron chi connectivity index (χ3n) is 7.44. The molecule has 244 valence electrons. The van der Waals surface area contributed by atoms with Crippen LogP contribution in [0.4, 0.5) is 29.3 Å². The fourth-order valence-corrected chi connectivity index (χ4v) is 5.94. The molecule has 1 aliphatic rings. The Hall–Kier alpha value is -4.15. The molecule has 4 rings (SSSR count). The van der Waals surface area contributed by atoms with Crippen molar-refractivity contribution >= 4 is 33.3 Å². The number of carbonyl (C=O) groups is 2. The summed E-state index contributed by atoms with van der Waals surface area (Å²) in [6.45, 7) is 3.32. The Kier molecular flexibility index (Phi) is 10.1. The quantitative estimate of drug-likeness (QED) is 0.338. The number of hydrogen-bond donors (Lipinski definition) is 3. The first-order valence-electron chi connectivity index (χ1n) is 14.0. The van der Waals surface area contributed by atoms with E-state index in [1.165, 1.54) is 41.2 Å². The van der Waals surface area contributed by atoms with Gasteiger partial charge in [0, 0.05) is 49.7 Å². The van der Waals surface area contributed by atoms with Crippen molar-refractivity contribution in [2.45, 2.75) is 43.6 Å². The molecular weight excluding hydrogens is 617 g/mol. The van der Waals surface area contributed by atoms with Crippen LogP contribution >= 0.6 is 0 Å². The van der Waals surface area contributed by atoms with E-state index in [-0.39, 0.29) is 54.3 Å². The van der Waals surface area contributed by atoms with Crippen molar-refractivity contribution in [1.82, 2.24) is 18.8 Å². The number of imidazole rings is 1. The Bertz CT molecular complexity index is 1630. The third-order valence-corrected chi connectivity index (χ3v) is 9.15. The lowest BCUT2D eigenvalue weighted by Gasteiger charge is -2.33. The topological polar surface area (TPSA) is 146 Å². The minimum atomic E-state index is -4.51. The molecule has 0 radical (unpaired) electrons. The lowest BCUT2D eigenvalue weighted by Crippen LogP contribution is -2.48. The Morgan fingerprint density at radius 2 is 1.82 bits per heavy atom. The van der Waals surface area contributed by atoms with Crippen LogP contribution in [-0.2, 0) is 34.5 Å². The Balaban J connectivity index is 1.58. The van der Waals surface area contributed by atoms with Crippen LogP contribution in [0.15, 0.2) is 60.0 Å². The largest absolute Gasteiger partial charge is 0.488 e. The highest BCUT2D eigenvalue weighted by Crippen LogP contribution is 2.31. The number of hydrogen-bond acceptors (Lipinski definition) is 7. The molecule has 3 N–H and O–H groups in total. The van der Waals surface area contributed by atoms with Crippen molar-refractivity contribution in [2.24, 2.45) is 13.0 Å². The normalized spacial score (nSPS) is 18.3.